The van der Waals surface area contributed by atoms with Gasteiger partial charge in [0, 0.05) is 0 Å². The fraction of sp³-hybridized carbons (Fsp3) is 0.438. The molecular weight excluding hydrogens is 224 g/mol. The first-order valence-electron chi connectivity index (χ1n) is 6.59. The van der Waals surface area contributed by atoms with Crippen molar-refractivity contribution in [1.82, 2.24) is 0 Å². The maximum absolute atomic E-state index is 12.0. The van der Waals surface area contributed by atoms with Crippen molar-refractivity contribution in [2.24, 2.45) is 0 Å². The predicted molar refractivity (Wildman–Crippen MR) is 72.5 cm³/mol. The van der Waals surface area contributed by atoms with Gasteiger partial charge in [0.1, 0.15) is 0 Å². The van der Waals surface area contributed by atoms with Gasteiger partial charge in [-0.05, 0) is 29.9 Å². The van der Waals surface area contributed by atoms with Crippen molar-refractivity contribution < 1.29 is 9.53 Å². The van der Waals surface area contributed by atoms with E-state index < -0.39 is 0 Å². The third-order valence-electron chi connectivity index (χ3n) is 3.94. The Bertz CT molecular complexity index is 442. The van der Waals surface area contributed by atoms with Crippen LogP contribution in [0.1, 0.15) is 54.9 Å². The van der Waals surface area contributed by atoms with Gasteiger partial charge in [-0.2, -0.15) is 0 Å². The molecule has 1 aromatic rings. The third-order valence-corrected chi connectivity index (χ3v) is 3.94. The van der Waals surface area contributed by atoms with Gasteiger partial charge in [-0.25, -0.2) is 4.79 Å². The Labute approximate surface area is 109 Å². The number of ether oxygens (including phenoxy) is 1. The summed E-state index contributed by atoms with van der Waals surface area (Å²) in [7, 11) is 0. The Balaban J connectivity index is 2.37. The van der Waals surface area contributed by atoms with Crippen LogP contribution in [-0.4, -0.2) is 5.97 Å². The number of hydrogen-bond acceptors (Lipinski definition) is 2. The van der Waals surface area contributed by atoms with Crippen LogP contribution in [0.25, 0.3) is 0 Å². The van der Waals surface area contributed by atoms with Crippen LogP contribution in [0.4, 0.5) is 0 Å². The number of carbonyl (C=O) groups excluding carboxylic acids is 1. The van der Waals surface area contributed by atoms with Crippen molar-refractivity contribution in [1.29, 1.82) is 0 Å². The molecule has 0 unspecified atom stereocenters. The first-order valence-corrected chi connectivity index (χ1v) is 6.59. The number of hydrogen-bond donors (Lipinski definition) is 0. The Kier molecular flexibility index (Phi) is 3.85. The highest BCUT2D eigenvalue weighted by Crippen LogP contribution is 2.40. The van der Waals surface area contributed by atoms with Crippen LogP contribution in [0.3, 0.4) is 0 Å². The fourth-order valence-electron chi connectivity index (χ4n) is 2.93. The predicted octanol–water partition coefficient (Wildman–Crippen LogP) is 4.21. The van der Waals surface area contributed by atoms with Gasteiger partial charge in [-0.3, -0.25) is 0 Å². The number of esters is 1. The molecule has 18 heavy (non-hydrogen) atoms. The minimum absolute atomic E-state index is 0.106. The van der Waals surface area contributed by atoms with Gasteiger partial charge in [0.25, 0.3) is 0 Å². The lowest BCUT2D eigenvalue weighted by Gasteiger charge is -2.35. The Hall–Kier alpha value is -1.57. The molecule has 1 aliphatic rings. The summed E-state index contributed by atoms with van der Waals surface area (Å²) in [5.74, 6) is -0.299. The minimum atomic E-state index is -0.299. The number of carbonyl (C=O) groups is 1. The summed E-state index contributed by atoms with van der Waals surface area (Å²) < 4.78 is 4.93. The molecule has 0 aliphatic heterocycles. The highest BCUT2D eigenvalue weighted by molar-refractivity contribution is 5.91. The zero-order valence-electron chi connectivity index (χ0n) is 10.9. The second kappa shape index (κ2) is 5.38. The van der Waals surface area contributed by atoms with Crippen molar-refractivity contribution >= 4 is 5.97 Å². The molecule has 2 nitrogen and oxygen atoms in total. The lowest BCUT2D eigenvalue weighted by Crippen LogP contribution is -2.27. The molecule has 0 saturated heterocycles. The summed E-state index contributed by atoms with van der Waals surface area (Å²) in [5, 5.41) is 0. The molecule has 1 fully saturated rings. The molecule has 0 amide bonds. The van der Waals surface area contributed by atoms with Crippen LogP contribution >= 0.6 is 0 Å². The van der Waals surface area contributed by atoms with E-state index in [-0.39, 0.29) is 11.4 Å². The summed E-state index contributed by atoms with van der Waals surface area (Å²) >= 11 is 0. The van der Waals surface area contributed by atoms with Crippen LogP contribution in [0.15, 0.2) is 37.1 Å². The van der Waals surface area contributed by atoms with E-state index in [1.165, 1.54) is 25.5 Å². The molecule has 0 atom stereocenters. The number of benzene rings is 1. The van der Waals surface area contributed by atoms with Crippen LogP contribution in [0.5, 0.6) is 0 Å². The fourth-order valence-corrected chi connectivity index (χ4v) is 2.93. The van der Waals surface area contributed by atoms with E-state index in [9.17, 15) is 4.79 Å². The van der Waals surface area contributed by atoms with Crippen molar-refractivity contribution in [3.63, 3.8) is 0 Å². The summed E-state index contributed by atoms with van der Waals surface area (Å²) in [6.45, 7) is 5.70. The first-order chi connectivity index (χ1) is 8.67. The third kappa shape index (κ3) is 2.47. The molecule has 0 spiro atoms. The molecule has 0 radical (unpaired) electrons. The standard InChI is InChI=1S/C16H20O2/c1-3-18-15(17)13-9-5-6-10-14(13)16(2)11-7-4-8-12-16/h3,5-6,9-10H,1,4,7-8,11-12H2,2H3. The van der Waals surface area contributed by atoms with Crippen molar-refractivity contribution in [2.75, 3.05) is 0 Å². The van der Waals surface area contributed by atoms with Crippen LogP contribution in [0, 0.1) is 0 Å². The smallest absolute Gasteiger partial charge is 0.343 e. The Morgan fingerprint density at radius 2 is 1.94 bits per heavy atom. The van der Waals surface area contributed by atoms with Crippen LogP contribution in [0.2, 0.25) is 0 Å². The van der Waals surface area contributed by atoms with Gasteiger partial charge in [0.2, 0.25) is 0 Å². The molecule has 0 aromatic heterocycles. The molecule has 2 heteroatoms. The van der Waals surface area contributed by atoms with Crippen molar-refractivity contribution in [2.45, 2.75) is 44.4 Å². The highest BCUT2D eigenvalue weighted by atomic mass is 16.5. The molecule has 0 heterocycles. The number of rotatable bonds is 3. The molecule has 96 valence electrons. The van der Waals surface area contributed by atoms with Gasteiger partial charge >= 0.3 is 5.97 Å². The quantitative estimate of drug-likeness (QED) is 0.588. The van der Waals surface area contributed by atoms with E-state index in [1.807, 2.05) is 18.2 Å². The summed E-state index contributed by atoms with van der Waals surface area (Å²) in [6.07, 6.45) is 7.26. The van der Waals surface area contributed by atoms with E-state index in [0.29, 0.717) is 5.56 Å². The van der Waals surface area contributed by atoms with Gasteiger partial charge in [0.15, 0.2) is 0 Å². The average molecular weight is 244 g/mol. The van der Waals surface area contributed by atoms with E-state index in [1.54, 1.807) is 0 Å². The molecule has 1 aliphatic carbocycles. The largest absolute Gasteiger partial charge is 0.432 e. The van der Waals surface area contributed by atoms with Crippen LogP contribution < -0.4 is 0 Å². The van der Waals surface area contributed by atoms with E-state index in [2.05, 4.69) is 19.6 Å². The van der Waals surface area contributed by atoms with Crippen LogP contribution in [-0.2, 0) is 10.2 Å². The Morgan fingerprint density at radius 3 is 2.61 bits per heavy atom. The molecule has 2 rings (SSSR count). The Morgan fingerprint density at radius 1 is 1.28 bits per heavy atom. The van der Waals surface area contributed by atoms with Gasteiger partial charge in [-0.15, -0.1) is 0 Å². The van der Waals surface area contributed by atoms with E-state index in [0.717, 1.165) is 18.4 Å². The average Bonchev–Trinajstić information content (AvgIpc) is 2.40. The minimum Gasteiger partial charge on any atom is -0.432 e. The zero-order chi connectivity index (χ0) is 13.0. The summed E-state index contributed by atoms with van der Waals surface area (Å²) in [4.78, 5) is 12.0. The highest BCUT2D eigenvalue weighted by Gasteiger charge is 2.32. The lowest BCUT2D eigenvalue weighted by atomic mass is 9.69. The van der Waals surface area contributed by atoms with Crippen molar-refractivity contribution in [3.8, 4) is 0 Å². The van der Waals surface area contributed by atoms with Gasteiger partial charge in [0.05, 0.1) is 11.8 Å². The van der Waals surface area contributed by atoms with E-state index in [4.69, 9.17) is 4.74 Å². The maximum atomic E-state index is 12.0. The normalized spacial score (nSPS) is 18.1. The molecule has 0 N–H and O–H groups in total. The van der Waals surface area contributed by atoms with E-state index >= 15 is 0 Å². The van der Waals surface area contributed by atoms with Gasteiger partial charge < -0.3 is 4.74 Å². The molecule has 0 bridgehead atoms. The summed E-state index contributed by atoms with van der Waals surface area (Å²) in [6, 6.07) is 7.79. The summed E-state index contributed by atoms with van der Waals surface area (Å²) in [5.41, 5.74) is 1.91. The maximum Gasteiger partial charge on any atom is 0.343 e. The van der Waals surface area contributed by atoms with Crippen molar-refractivity contribution in [3.05, 3.63) is 48.2 Å². The van der Waals surface area contributed by atoms with Gasteiger partial charge in [-0.1, -0.05) is 51.0 Å². The zero-order valence-corrected chi connectivity index (χ0v) is 10.9. The monoisotopic (exact) mass is 244 g/mol. The molecular formula is C16H20O2. The second-order valence-corrected chi connectivity index (χ2v) is 5.24. The first kappa shape index (κ1) is 12.9. The topological polar surface area (TPSA) is 26.3 Å². The SMILES string of the molecule is C=COC(=O)c1ccccc1C1(C)CCCCC1. The molecule has 1 saturated carbocycles. The lowest BCUT2D eigenvalue weighted by molar-refractivity contribution is 0.0660. The molecule has 1 aromatic carbocycles. The second-order valence-electron chi connectivity index (χ2n) is 5.24.